The molecule has 0 aromatic carbocycles. The molecule has 5 heteroatoms. The summed E-state index contributed by atoms with van der Waals surface area (Å²) in [7, 11) is 1.90. The van der Waals surface area contributed by atoms with Crippen molar-refractivity contribution in [2.75, 3.05) is 7.05 Å². The lowest BCUT2D eigenvalue weighted by Gasteiger charge is -2.03. The van der Waals surface area contributed by atoms with Gasteiger partial charge in [0.1, 0.15) is 5.01 Å². The summed E-state index contributed by atoms with van der Waals surface area (Å²) in [5.41, 5.74) is 1.57. The van der Waals surface area contributed by atoms with Gasteiger partial charge in [-0.2, -0.15) is 0 Å². The van der Waals surface area contributed by atoms with Gasteiger partial charge in [-0.15, -0.1) is 11.3 Å². The van der Waals surface area contributed by atoms with E-state index in [0.29, 0.717) is 11.5 Å². The Bertz CT molecular complexity index is 537. The van der Waals surface area contributed by atoms with Crippen molar-refractivity contribution in [2.24, 2.45) is 0 Å². The smallest absolute Gasteiger partial charge is 0.151 e. The van der Waals surface area contributed by atoms with Gasteiger partial charge in [-0.25, -0.2) is 9.37 Å². The van der Waals surface area contributed by atoms with Crippen LogP contribution in [-0.4, -0.2) is 17.0 Å². The fourth-order valence-electron chi connectivity index (χ4n) is 1.77. The van der Waals surface area contributed by atoms with Crippen molar-refractivity contribution in [1.82, 2.24) is 15.3 Å². The number of nitrogens with one attached hydrogen (secondary N) is 1. The minimum atomic E-state index is -0.322. The van der Waals surface area contributed by atoms with Crippen LogP contribution in [-0.2, 0) is 6.54 Å². The molecule has 0 bridgehead atoms. The van der Waals surface area contributed by atoms with Gasteiger partial charge in [-0.1, -0.05) is 13.8 Å². The van der Waals surface area contributed by atoms with Gasteiger partial charge in [0.25, 0.3) is 0 Å². The van der Waals surface area contributed by atoms with Gasteiger partial charge >= 0.3 is 0 Å². The Kier molecular flexibility index (Phi) is 4.04. The van der Waals surface area contributed by atoms with Crippen LogP contribution in [0.3, 0.4) is 0 Å². The Morgan fingerprint density at radius 3 is 2.83 bits per heavy atom. The van der Waals surface area contributed by atoms with Crippen LogP contribution >= 0.6 is 11.3 Å². The van der Waals surface area contributed by atoms with E-state index >= 15 is 0 Å². The van der Waals surface area contributed by atoms with Crippen molar-refractivity contribution in [3.63, 3.8) is 0 Å². The Morgan fingerprint density at radius 2 is 2.22 bits per heavy atom. The minimum absolute atomic E-state index is 0.322. The van der Waals surface area contributed by atoms with Gasteiger partial charge in [-0.05, 0) is 19.0 Å². The molecule has 0 unspecified atom stereocenters. The highest BCUT2D eigenvalue weighted by Crippen LogP contribution is 2.32. The predicted molar refractivity (Wildman–Crippen MR) is 72.2 cm³/mol. The van der Waals surface area contributed by atoms with Crippen molar-refractivity contribution in [1.29, 1.82) is 0 Å². The largest absolute Gasteiger partial charge is 0.315 e. The zero-order valence-corrected chi connectivity index (χ0v) is 11.5. The van der Waals surface area contributed by atoms with Crippen LogP contribution in [0.5, 0.6) is 0 Å². The van der Waals surface area contributed by atoms with Gasteiger partial charge < -0.3 is 5.32 Å². The average molecular weight is 265 g/mol. The minimum Gasteiger partial charge on any atom is -0.315 e. The molecule has 0 aliphatic rings. The first-order chi connectivity index (χ1) is 8.63. The molecule has 0 aliphatic carbocycles. The molecule has 0 amide bonds. The number of hydrogen-bond acceptors (Lipinski definition) is 4. The van der Waals surface area contributed by atoms with Gasteiger partial charge in [0.2, 0.25) is 0 Å². The molecule has 0 radical (unpaired) electrons. The molecule has 2 aromatic heterocycles. The first kappa shape index (κ1) is 13.1. The Balaban J connectivity index is 2.47. The summed E-state index contributed by atoms with van der Waals surface area (Å²) >= 11 is 1.54. The molecular weight excluding hydrogens is 249 g/mol. The SMILES string of the molecule is CNCc1sc(-c2ccncc2F)nc1C(C)C. The third kappa shape index (κ3) is 2.57. The monoisotopic (exact) mass is 265 g/mol. The van der Waals surface area contributed by atoms with Gasteiger partial charge in [0, 0.05) is 23.2 Å². The molecule has 0 spiro atoms. The fraction of sp³-hybridized carbons (Fsp3) is 0.385. The van der Waals surface area contributed by atoms with E-state index in [-0.39, 0.29) is 5.82 Å². The van der Waals surface area contributed by atoms with Crippen LogP contribution in [0.15, 0.2) is 18.5 Å². The number of rotatable bonds is 4. The Morgan fingerprint density at radius 1 is 1.44 bits per heavy atom. The number of hydrogen-bond donors (Lipinski definition) is 1. The number of pyridine rings is 1. The maximum absolute atomic E-state index is 13.7. The molecule has 1 N–H and O–H groups in total. The molecule has 2 aromatic rings. The quantitative estimate of drug-likeness (QED) is 0.922. The molecule has 18 heavy (non-hydrogen) atoms. The molecule has 0 saturated heterocycles. The first-order valence-corrected chi connectivity index (χ1v) is 6.69. The van der Waals surface area contributed by atoms with Crippen molar-refractivity contribution in [3.8, 4) is 10.6 Å². The number of thiazole rings is 1. The summed E-state index contributed by atoms with van der Waals surface area (Å²) in [6.45, 7) is 4.96. The van der Waals surface area contributed by atoms with Crippen molar-refractivity contribution in [2.45, 2.75) is 26.3 Å². The molecule has 0 atom stereocenters. The molecule has 0 fully saturated rings. The lowest BCUT2D eigenvalue weighted by atomic mass is 10.1. The Labute approximate surface area is 110 Å². The highest BCUT2D eigenvalue weighted by molar-refractivity contribution is 7.15. The lowest BCUT2D eigenvalue weighted by Crippen LogP contribution is -2.06. The highest BCUT2D eigenvalue weighted by Gasteiger charge is 2.16. The summed E-state index contributed by atoms with van der Waals surface area (Å²) in [5, 5.41) is 3.85. The third-order valence-corrected chi connectivity index (χ3v) is 3.72. The van der Waals surface area contributed by atoms with Gasteiger partial charge in [-0.3, -0.25) is 4.98 Å². The van der Waals surface area contributed by atoms with E-state index in [0.717, 1.165) is 17.2 Å². The lowest BCUT2D eigenvalue weighted by molar-refractivity contribution is 0.624. The number of nitrogens with zero attached hydrogens (tertiary/aromatic N) is 2. The van der Waals surface area contributed by atoms with E-state index in [1.807, 2.05) is 7.05 Å². The summed E-state index contributed by atoms with van der Waals surface area (Å²) < 4.78 is 13.7. The van der Waals surface area contributed by atoms with Crippen LogP contribution in [0, 0.1) is 5.82 Å². The van der Waals surface area contributed by atoms with E-state index in [4.69, 9.17) is 0 Å². The summed E-state index contributed by atoms with van der Waals surface area (Å²) in [5.74, 6) is 0.0146. The van der Waals surface area contributed by atoms with Crippen LogP contribution in [0.2, 0.25) is 0 Å². The second-order valence-electron chi connectivity index (χ2n) is 4.37. The number of halogens is 1. The van der Waals surface area contributed by atoms with Crippen LogP contribution < -0.4 is 5.32 Å². The maximum Gasteiger partial charge on any atom is 0.151 e. The maximum atomic E-state index is 13.7. The van der Waals surface area contributed by atoms with Crippen molar-refractivity contribution in [3.05, 3.63) is 34.8 Å². The summed E-state index contributed by atoms with van der Waals surface area (Å²) in [4.78, 5) is 9.50. The second-order valence-corrected chi connectivity index (χ2v) is 5.45. The van der Waals surface area contributed by atoms with Crippen LogP contribution in [0.25, 0.3) is 10.6 Å². The van der Waals surface area contributed by atoms with Gasteiger partial charge in [0.15, 0.2) is 5.82 Å². The van der Waals surface area contributed by atoms with Gasteiger partial charge in [0.05, 0.1) is 11.9 Å². The molecule has 3 nitrogen and oxygen atoms in total. The standard InChI is InChI=1S/C13H16FN3S/c1-8(2)12-11(7-15-3)18-13(17-12)9-4-5-16-6-10(9)14/h4-6,8,15H,7H2,1-3H3. The molecule has 2 heterocycles. The van der Waals surface area contributed by atoms with E-state index in [2.05, 4.69) is 29.1 Å². The fourth-order valence-corrected chi connectivity index (χ4v) is 3.02. The molecule has 0 saturated carbocycles. The highest BCUT2D eigenvalue weighted by atomic mass is 32.1. The third-order valence-electron chi connectivity index (χ3n) is 2.61. The zero-order chi connectivity index (χ0) is 13.1. The topological polar surface area (TPSA) is 37.8 Å². The summed E-state index contributed by atoms with van der Waals surface area (Å²) in [6.07, 6.45) is 2.82. The molecule has 96 valence electrons. The van der Waals surface area contributed by atoms with Crippen LogP contribution in [0.4, 0.5) is 4.39 Å². The molecule has 2 rings (SSSR count). The van der Waals surface area contributed by atoms with E-state index < -0.39 is 0 Å². The second kappa shape index (κ2) is 5.54. The van der Waals surface area contributed by atoms with E-state index in [1.54, 1.807) is 12.3 Å². The van der Waals surface area contributed by atoms with Crippen molar-refractivity contribution < 1.29 is 4.39 Å². The van der Waals surface area contributed by atoms with E-state index in [9.17, 15) is 4.39 Å². The summed E-state index contributed by atoms with van der Waals surface area (Å²) in [6, 6.07) is 1.67. The first-order valence-electron chi connectivity index (χ1n) is 5.87. The zero-order valence-electron chi connectivity index (χ0n) is 10.7. The van der Waals surface area contributed by atoms with Crippen LogP contribution in [0.1, 0.15) is 30.3 Å². The molecular formula is C13H16FN3S. The predicted octanol–water partition coefficient (Wildman–Crippen LogP) is 3.19. The Hall–Kier alpha value is -1.33. The average Bonchev–Trinajstić information content (AvgIpc) is 2.74. The number of aromatic nitrogens is 2. The normalized spacial score (nSPS) is 11.2. The van der Waals surface area contributed by atoms with E-state index in [1.165, 1.54) is 22.4 Å². The van der Waals surface area contributed by atoms with Crippen molar-refractivity contribution >= 4 is 11.3 Å². The molecule has 0 aliphatic heterocycles.